The second-order valence-electron chi connectivity index (χ2n) is 9.67. The lowest BCUT2D eigenvalue weighted by molar-refractivity contribution is -0.116. The smallest absolute Gasteiger partial charge is 0.244 e. The predicted molar refractivity (Wildman–Crippen MR) is 90.0 cm³/mol. The number of carbonyl (C=O) groups is 1. The van der Waals surface area contributed by atoms with Gasteiger partial charge in [-0.05, 0) is 85.5 Å². The fraction of sp³-hybridized carbons (Fsp3) is 0.850. The highest BCUT2D eigenvalue weighted by molar-refractivity contribution is 5.92. The Balaban J connectivity index is 1.53. The highest BCUT2D eigenvalue weighted by atomic mass is 16.3. The van der Waals surface area contributed by atoms with Crippen LogP contribution in [0.4, 0.5) is 0 Å². The Kier molecular flexibility index (Phi) is 2.98. The third-order valence-electron chi connectivity index (χ3n) is 8.80. The first kappa shape index (κ1) is 15.4. The molecule has 4 aliphatic carbocycles. The summed E-state index contributed by atoms with van der Waals surface area (Å²) in [6.45, 7) is 2.37. The van der Waals surface area contributed by atoms with Crippen molar-refractivity contribution in [3.05, 3.63) is 11.6 Å². The summed E-state index contributed by atoms with van der Waals surface area (Å²) >= 11 is 0. The van der Waals surface area contributed by atoms with Crippen LogP contribution in [0, 0.1) is 28.6 Å². The molecule has 4 heteroatoms. The first-order valence-corrected chi connectivity index (χ1v) is 9.75. The molecule has 4 fully saturated rings. The Morgan fingerprint density at radius 3 is 2.88 bits per heavy atom. The summed E-state index contributed by atoms with van der Waals surface area (Å²) in [6, 6.07) is 0.277. The van der Waals surface area contributed by atoms with Crippen molar-refractivity contribution < 1.29 is 15.0 Å². The lowest BCUT2D eigenvalue weighted by Gasteiger charge is -2.61. The third kappa shape index (κ3) is 1.74. The van der Waals surface area contributed by atoms with Crippen LogP contribution in [0.3, 0.4) is 0 Å². The molecule has 0 aromatic carbocycles. The third-order valence-corrected chi connectivity index (χ3v) is 8.80. The van der Waals surface area contributed by atoms with E-state index >= 15 is 0 Å². The number of carbonyl (C=O) groups excluding carboxylic acids is 1. The lowest BCUT2D eigenvalue weighted by atomic mass is 9.44. The van der Waals surface area contributed by atoms with Gasteiger partial charge in [0, 0.05) is 6.08 Å². The molecule has 2 bridgehead atoms. The number of aliphatic hydroxyl groups excluding tert-OH is 1. The summed E-state index contributed by atoms with van der Waals surface area (Å²) in [5.41, 5.74) is 0.980. The Bertz CT molecular complexity index is 630. The second kappa shape index (κ2) is 4.64. The lowest BCUT2D eigenvalue weighted by Crippen LogP contribution is -2.54. The normalized spacial score (nSPS) is 55.3. The molecule has 0 saturated heterocycles. The van der Waals surface area contributed by atoms with Crippen LogP contribution in [0.5, 0.6) is 0 Å². The largest absolute Gasteiger partial charge is 0.393 e. The molecule has 4 saturated carbocycles. The van der Waals surface area contributed by atoms with Gasteiger partial charge in [0.2, 0.25) is 5.91 Å². The molecule has 4 nitrogen and oxygen atoms in total. The summed E-state index contributed by atoms with van der Waals surface area (Å²) in [5.74, 6) is 1.52. The fourth-order valence-electron chi connectivity index (χ4n) is 7.88. The number of fused-ring (bicyclic) bond motifs is 5. The zero-order chi connectivity index (χ0) is 16.7. The summed E-state index contributed by atoms with van der Waals surface area (Å²) in [6.07, 6.45) is 10.5. The molecule has 1 heterocycles. The second-order valence-corrected chi connectivity index (χ2v) is 9.67. The molecule has 0 aromatic rings. The maximum atomic E-state index is 11.9. The zero-order valence-corrected chi connectivity index (χ0v) is 14.6. The Morgan fingerprint density at radius 2 is 2.08 bits per heavy atom. The van der Waals surface area contributed by atoms with Crippen molar-refractivity contribution in [2.45, 2.75) is 69.9 Å². The first-order chi connectivity index (χ1) is 11.4. The zero-order valence-electron chi connectivity index (χ0n) is 14.6. The SMILES string of the molecule is C[C@@]12CC[C@H]3NC(=O)C=C3[C@H]1CC[C@@]13C[C@@H](CC[C@@H]12)[C@@](O)(CO)C3. The van der Waals surface area contributed by atoms with Crippen molar-refractivity contribution in [1.82, 2.24) is 5.32 Å². The van der Waals surface area contributed by atoms with E-state index in [9.17, 15) is 15.0 Å². The average Bonchev–Trinajstić information content (AvgIpc) is 3.02. The van der Waals surface area contributed by atoms with Crippen LogP contribution in [0.15, 0.2) is 11.6 Å². The Labute approximate surface area is 143 Å². The topological polar surface area (TPSA) is 69.6 Å². The quantitative estimate of drug-likeness (QED) is 0.689. The van der Waals surface area contributed by atoms with Gasteiger partial charge in [-0.2, -0.15) is 0 Å². The highest BCUT2D eigenvalue weighted by Crippen LogP contribution is 2.71. The average molecular weight is 331 g/mol. The van der Waals surface area contributed by atoms with Gasteiger partial charge in [-0.25, -0.2) is 0 Å². The van der Waals surface area contributed by atoms with Crippen LogP contribution in [0.25, 0.3) is 0 Å². The minimum absolute atomic E-state index is 0.0854. The maximum Gasteiger partial charge on any atom is 0.244 e. The molecule has 132 valence electrons. The number of hydrogen-bond donors (Lipinski definition) is 3. The van der Waals surface area contributed by atoms with Crippen LogP contribution in [-0.2, 0) is 4.79 Å². The van der Waals surface area contributed by atoms with Crippen molar-refractivity contribution in [1.29, 1.82) is 0 Å². The number of amides is 1. The number of rotatable bonds is 1. The monoisotopic (exact) mass is 331 g/mol. The van der Waals surface area contributed by atoms with Crippen molar-refractivity contribution >= 4 is 5.91 Å². The van der Waals surface area contributed by atoms with E-state index in [0.717, 1.165) is 38.5 Å². The molecule has 5 rings (SSSR count). The summed E-state index contributed by atoms with van der Waals surface area (Å²) in [5, 5.41) is 23.9. The molecule has 1 spiro atoms. The van der Waals surface area contributed by atoms with E-state index in [1.807, 2.05) is 6.08 Å². The van der Waals surface area contributed by atoms with E-state index in [4.69, 9.17) is 0 Å². The van der Waals surface area contributed by atoms with Crippen LogP contribution < -0.4 is 5.32 Å². The number of aliphatic hydroxyl groups is 2. The molecule has 7 atom stereocenters. The fourth-order valence-corrected chi connectivity index (χ4v) is 7.88. The van der Waals surface area contributed by atoms with Gasteiger partial charge in [-0.3, -0.25) is 4.79 Å². The molecule has 0 unspecified atom stereocenters. The molecule has 24 heavy (non-hydrogen) atoms. The van der Waals surface area contributed by atoms with Gasteiger partial charge in [0.05, 0.1) is 18.2 Å². The van der Waals surface area contributed by atoms with Gasteiger partial charge in [0.1, 0.15) is 0 Å². The number of hydrogen-bond acceptors (Lipinski definition) is 3. The molecular formula is C20H29NO3. The maximum absolute atomic E-state index is 11.9. The van der Waals surface area contributed by atoms with Crippen LogP contribution in [0.2, 0.25) is 0 Å². The Hall–Kier alpha value is -0.870. The minimum atomic E-state index is -0.848. The van der Waals surface area contributed by atoms with Crippen molar-refractivity contribution in [2.75, 3.05) is 6.61 Å². The van der Waals surface area contributed by atoms with Crippen LogP contribution in [0.1, 0.15) is 58.3 Å². The van der Waals surface area contributed by atoms with Gasteiger partial charge >= 0.3 is 0 Å². The molecule has 0 radical (unpaired) electrons. The van der Waals surface area contributed by atoms with E-state index in [-0.39, 0.29) is 35.3 Å². The van der Waals surface area contributed by atoms with Gasteiger partial charge in [-0.15, -0.1) is 0 Å². The van der Waals surface area contributed by atoms with Gasteiger partial charge in [0.15, 0.2) is 0 Å². The molecule has 3 N–H and O–H groups in total. The van der Waals surface area contributed by atoms with E-state index in [0.29, 0.717) is 11.8 Å². The molecule has 0 aromatic heterocycles. The van der Waals surface area contributed by atoms with E-state index in [2.05, 4.69) is 12.2 Å². The molecule has 1 aliphatic heterocycles. The van der Waals surface area contributed by atoms with Crippen molar-refractivity contribution in [3.8, 4) is 0 Å². The predicted octanol–water partition coefficient (Wildman–Crippen LogP) is 2.15. The molecule has 5 aliphatic rings. The number of nitrogens with one attached hydrogen (secondary N) is 1. The van der Waals surface area contributed by atoms with E-state index < -0.39 is 5.60 Å². The van der Waals surface area contributed by atoms with Crippen molar-refractivity contribution in [3.63, 3.8) is 0 Å². The summed E-state index contributed by atoms with van der Waals surface area (Å²) < 4.78 is 0. The molecule has 1 amide bonds. The van der Waals surface area contributed by atoms with Gasteiger partial charge < -0.3 is 15.5 Å². The summed E-state index contributed by atoms with van der Waals surface area (Å²) in [4.78, 5) is 11.9. The molecular weight excluding hydrogens is 302 g/mol. The van der Waals surface area contributed by atoms with Gasteiger partial charge in [-0.1, -0.05) is 6.92 Å². The minimum Gasteiger partial charge on any atom is -0.393 e. The van der Waals surface area contributed by atoms with Crippen LogP contribution >= 0.6 is 0 Å². The van der Waals surface area contributed by atoms with Crippen LogP contribution in [-0.4, -0.2) is 34.4 Å². The summed E-state index contributed by atoms with van der Waals surface area (Å²) in [7, 11) is 0. The first-order valence-electron chi connectivity index (χ1n) is 9.75. The van der Waals surface area contributed by atoms with E-state index in [1.165, 1.54) is 18.4 Å². The Morgan fingerprint density at radius 1 is 1.25 bits per heavy atom. The van der Waals surface area contributed by atoms with Gasteiger partial charge in [0.25, 0.3) is 0 Å². The highest BCUT2D eigenvalue weighted by Gasteiger charge is 2.66. The standard InChI is InChI=1S/C20H29NO3/c1-18-6-5-15-13(8-17(23)21-15)14(18)4-7-19-9-12(2-3-16(18)19)20(24,10-19)11-22/h8,12,14-16,22,24H,2-7,9-11H2,1H3,(H,21,23)/t12-,14-,15-,16-,18-,19+,20+/m1/s1. The van der Waals surface area contributed by atoms with E-state index in [1.54, 1.807) is 0 Å². The van der Waals surface area contributed by atoms with Crippen molar-refractivity contribution in [2.24, 2.45) is 28.6 Å².